The summed E-state index contributed by atoms with van der Waals surface area (Å²) in [5.41, 5.74) is -0.288. The Morgan fingerprint density at radius 3 is 2.77 bits per heavy atom. The molecular formula is C9H5BrFNO. The first-order valence-corrected chi connectivity index (χ1v) is 4.45. The molecule has 0 spiro atoms. The minimum atomic E-state index is -0.385. The lowest BCUT2D eigenvalue weighted by Gasteiger charge is -1.99. The van der Waals surface area contributed by atoms with Crippen LogP contribution in [0.3, 0.4) is 0 Å². The molecule has 0 fully saturated rings. The highest BCUT2D eigenvalue weighted by atomic mass is 79.9. The number of rotatable bonds is 0. The third-order valence-electron chi connectivity index (χ3n) is 1.83. The van der Waals surface area contributed by atoms with Crippen LogP contribution in [0.15, 0.2) is 33.7 Å². The number of pyridine rings is 1. The second-order valence-electron chi connectivity index (χ2n) is 2.62. The second kappa shape index (κ2) is 2.96. The van der Waals surface area contributed by atoms with Gasteiger partial charge in [-0.3, -0.25) is 4.79 Å². The van der Waals surface area contributed by atoms with Gasteiger partial charge in [-0.2, -0.15) is 0 Å². The van der Waals surface area contributed by atoms with Gasteiger partial charge in [0.2, 0.25) is 0 Å². The highest BCUT2D eigenvalue weighted by molar-refractivity contribution is 9.10. The summed E-state index contributed by atoms with van der Waals surface area (Å²) in [7, 11) is 0. The molecule has 0 atom stereocenters. The van der Waals surface area contributed by atoms with Gasteiger partial charge in [-0.1, -0.05) is 0 Å². The Balaban J connectivity index is 3.09. The molecule has 4 heteroatoms. The van der Waals surface area contributed by atoms with Gasteiger partial charge >= 0.3 is 0 Å². The summed E-state index contributed by atoms with van der Waals surface area (Å²) in [4.78, 5) is 13.8. The van der Waals surface area contributed by atoms with E-state index in [0.29, 0.717) is 15.2 Å². The van der Waals surface area contributed by atoms with Crippen LogP contribution in [0.5, 0.6) is 0 Å². The molecule has 1 aromatic carbocycles. The molecule has 0 aliphatic heterocycles. The molecule has 1 N–H and O–H groups in total. The molecule has 0 saturated carbocycles. The number of hydrogen-bond donors (Lipinski definition) is 1. The largest absolute Gasteiger partial charge is 0.329 e. The summed E-state index contributed by atoms with van der Waals surface area (Å²) in [6, 6.07) is 4.38. The fourth-order valence-corrected chi connectivity index (χ4v) is 1.76. The number of benzene rings is 1. The van der Waals surface area contributed by atoms with Crippen molar-refractivity contribution in [2.45, 2.75) is 0 Å². The fraction of sp³-hybridized carbons (Fsp3) is 0. The van der Waals surface area contributed by atoms with Crippen LogP contribution < -0.4 is 5.56 Å². The van der Waals surface area contributed by atoms with Crippen LogP contribution in [0, 0.1) is 5.82 Å². The Morgan fingerprint density at radius 1 is 1.31 bits per heavy atom. The maximum atomic E-state index is 13.2. The molecule has 1 aromatic heterocycles. The number of fused-ring (bicyclic) bond motifs is 1. The number of H-pyrrole nitrogens is 1. The zero-order chi connectivity index (χ0) is 9.42. The number of aromatic nitrogens is 1. The lowest BCUT2D eigenvalue weighted by atomic mass is 10.2. The molecule has 0 aliphatic rings. The molecular weight excluding hydrogens is 237 g/mol. The third-order valence-corrected chi connectivity index (χ3v) is 2.49. The number of hydrogen-bond acceptors (Lipinski definition) is 1. The second-order valence-corrected chi connectivity index (χ2v) is 3.48. The van der Waals surface area contributed by atoms with Gasteiger partial charge in [0.15, 0.2) is 0 Å². The monoisotopic (exact) mass is 241 g/mol. The van der Waals surface area contributed by atoms with Crippen molar-refractivity contribution in [2.24, 2.45) is 0 Å². The van der Waals surface area contributed by atoms with Crippen LogP contribution in [0.1, 0.15) is 0 Å². The summed E-state index contributed by atoms with van der Waals surface area (Å²) < 4.78 is 13.8. The lowest BCUT2D eigenvalue weighted by Crippen LogP contribution is -2.05. The SMILES string of the molecule is O=c1[nH]ccc2c(F)ccc(Br)c12. The maximum Gasteiger partial charge on any atom is 0.257 e. The quantitative estimate of drug-likeness (QED) is 0.756. The minimum Gasteiger partial charge on any atom is -0.329 e. The normalized spacial score (nSPS) is 10.6. The number of halogens is 2. The smallest absolute Gasteiger partial charge is 0.257 e. The molecule has 2 aromatic rings. The number of nitrogens with one attached hydrogen (secondary N) is 1. The molecule has 1 heterocycles. The van der Waals surface area contributed by atoms with Crippen molar-refractivity contribution in [3.05, 3.63) is 45.0 Å². The van der Waals surface area contributed by atoms with E-state index in [4.69, 9.17) is 0 Å². The van der Waals surface area contributed by atoms with Gasteiger partial charge in [-0.15, -0.1) is 0 Å². The fourth-order valence-electron chi connectivity index (χ4n) is 1.23. The average molecular weight is 242 g/mol. The number of aromatic amines is 1. The molecule has 0 unspecified atom stereocenters. The van der Waals surface area contributed by atoms with Crippen LogP contribution in [0.2, 0.25) is 0 Å². The van der Waals surface area contributed by atoms with Gasteiger partial charge in [0.05, 0.1) is 5.39 Å². The van der Waals surface area contributed by atoms with Gasteiger partial charge < -0.3 is 4.98 Å². The molecule has 0 aliphatic carbocycles. The Kier molecular flexibility index (Phi) is 1.92. The van der Waals surface area contributed by atoms with Crippen LogP contribution >= 0.6 is 15.9 Å². The van der Waals surface area contributed by atoms with Gasteiger partial charge in [0.1, 0.15) is 5.82 Å². The lowest BCUT2D eigenvalue weighted by molar-refractivity contribution is 0.639. The van der Waals surface area contributed by atoms with E-state index in [0.717, 1.165) is 0 Å². The first kappa shape index (κ1) is 8.44. The van der Waals surface area contributed by atoms with Crippen molar-refractivity contribution < 1.29 is 4.39 Å². The highest BCUT2D eigenvalue weighted by Crippen LogP contribution is 2.22. The predicted octanol–water partition coefficient (Wildman–Crippen LogP) is 2.43. The van der Waals surface area contributed by atoms with Crippen molar-refractivity contribution in [3.63, 3.8) is 0 Å². The van der Waals surface area contributed by atoms with E-state index in [2.05, 4.69) is 20.9 Å². The van der Waals surface area contributed by atoms with Crippen molar-refractivity contribution in [1.82, 2.24) is 4.98 Å². The van der Waals surface area contributed by atoms with Crippen LogP contribution in [0.25, 0.3) is 10.8 Å². The first-order valence-electron chi connectivity index (χ1n) is 3.65. The van der Waals surface area contributed by atoms with Crippen molar-refractivity contribution in [3.8, 4) is 0 Å². The Morgan fingerprint density at radius 2 is 2.08 bits per heavy atom. The zero-order valence-electron chi connectivity index (χ0n) is 6.47. The molecule has 0 amide bonds. The maximum absolute atomic E-state index is 13.2. The average Bonchev–Trinajstić information content (AvgIpc) is 2.12. The summed E-state index contributed by atoms with van der Waals surface area (Å²) >= 11 is 3.20. The standard InChI is InChI=1S/C9H5BrFNO/c10-6-1-2-7(11)5-3-4-12-9(13)8(5)6/h1-4H,(H,12,13). The summed E-state index contributed by atoms with van der Waals surface area (Å²) in [6.45, 7) is 0. The molecule has 0 saturated heterocycles. The van der Waals surface area contributed by atoms with E-state index >= 15 is 0 Å². The summed E-state index contributed by atoms with van der Waals surface area (Å²) in [5.74, 6) is -0.385. The highest BCUT2D eigenvalue weighted by Gasteiger charge is 2.06. The third kappa shape index (κ3) is 1.27. The minimum absolute atomic E-state index is 0.288. The van der Waals surface area contributed by atoms with Crippen LogP contribution in [0.4, 0.5) is 4.39 Å². The van der Waals surface area contributed by atoms with E-state index < -0.39 is 0 Å². The first-order chi connectivity index (χ1) is 6.20. The van der Waals surface area contributed by atoms with Gasteiger partial charge in [0, 0.05) is 16.1 Å². The molecule has 0 radical (unpaired) electrons. The van der Waals surface area contributed by atoms with E-state index in [1.807, 2.05) is 0 Å². The Labute approximate surface area is 81.5 Å². The van der Waals surface area contributed by atoms with E-state index in [-0.39, 0.29) is 11.4 Å². The van der Waals surface area contributed by atoms with Crippen LogP contribution in [-0.2, 0) is 0 Å². The van der Waals surface area contributed by atoms with E-state index in [1.165, 1.54) is 24.4 Å². The summed E-state index contributed by atoms with van der Waals surface area (Å²) in [5, 5.41) is 0.681. The zero-order valence-corrected chi connectivity index (χ0v) is 8.06. The Hall–Kier alpha value is -1.16. The van der Waals surface area contributed by atoms with Gasteiger partial charge in [0.25, 0.3) is 5.56 Å². The van der Waals surface area contributed by atoms with E-state index in [9.17, 15) is 9.18 Å². The van der Waals surface area contributed by atoms with Crippen molar-refractivity contribution >= 4 is 26.7 Å². The van der Waals surface area contributed by atoms with Gasteiger partial charge in [-0.25, -0.2) is 4.39 Å². The molecule has 2 nitrogen and oxygen atoms in total. The Bertz CT molecular complexity index is 520. The molecule has 13 heavy (non-hydrogen) atoms. The topological polar surface area (TPSA) is 32.9 Å². The van der Waals surface area contributed by atoms with Crippen LogP contribution in [-0.4, -0.2) is 4.98 Å². The molecule has 2 rings (SSSR count). The van der Waals surface area contributed by atoms with Crippen molar-refractivity contribution in [2.75, 3.05) is 0 Å². The van der Waals surface area contributed by atoms with Gasteiger partial charge in [-0.05, 0) is 34.1 Å². The van der Waals surface area contributed by atoms with E-state index in [1.54, 1.807) is 0 Å². The van der Waals surface area contributed by atoms with Crippen molar-refractivity contribution in [1.29, 1.82) is 0 Å². The summed E-state index contributed by atoms with van der Waals surface area (Å²) in [6.07, 6.45) is 1.43. The molecule has 66 valence electrons. The molecule has 0 bridgehead atoms. The predicted molar refractivity (Wildman–Crippen MR) is 52.2 cm³/mol.